The number of hydrogen-bond acceptors (Lipinski definition) is 4. The first-order valence-corrected chi connectivity index (χ1v) is 9.26. The van der Waals surface area contributed by atoms with E-state index >= 15 is 0 Å². The molecule has 2 N–H and O–H groups in total. The van der Waals surface area contributed by atoms with Crippen molar-refractivity contribution in [3.8, 4) is 5.75 Å². The van der Waals surface area contributed by atoms with Crippen LogP contribution in [0.5, 0.6) is 5.75 Å². The fourth-order valence-electron chi connectivity index (χ4n) is 2.03. The van der Waals surface area contributed by atoms with Crippen LogP contribution < -0.4 is 14.8 Å². The SMILES string of the molecule is C=CCNC(=O)/C=C/c1ccc(S(=O)(=O)Nc2ccc(OC)cc2)cc1. The molecule has 0 fully saturated rings. The maximum absolute atomic E-state index is 12.4. The van der Waals surface area contributed by atoms with Gasteiger partial charge in [0.2, 0.25) is 5.91 Å². The Bertz CT molecular complexity index is 886. The molecule has 2 aromatic carbocycles. The molecule has 0 aliphatic carbocycles. The van der Waals surface area contributed by atoms with E-state index in [0.717, 1.165) is 0 Å². The third kappa shape index (κ3) is 5.49. The van der Waals surface area contributed by atoms with Crippen molar-refractivity contribution in [2.24, 2.45) is 0 Å². The van der Waals surface area contributed by atoms with E-state index < -0.39 is 10.0 Å². The van der Waals surface area contributed by atoms with Crippen molar-refractivity contribution in [1.29, 1.82) is 0 Å². The Balaban J connectivity index is 2.06. The van der Waals surface area contributed by atoms with Crippen molar-refractivity contribution in [2.45, 2.75) is 4.90 Å². The lowest BCUT2D eigenvalue weighted by Gasteiger charge is -2.09. The number of rotatable bonds is 8. The van der Waals surface area contributed by atoms with Gasteiger partial charge in [-0.05, 0) is 48.0 Å². The van der Waals surface area contributed by atoms with E-state index in [4.69, 9.17) is 4.74 Å². The second-order valence-corrected chi connectivity index (χ2v) is 6.95. The average Bonchev–Trinajstić information content (AvgIpc) is 2.65. The standard InChI is InChI=1S/C19H20N2O4S/c1-3-14-20-19(22)13-6-15-4-11-18(12-5-15)26(23,24)21-16-7-9-17(25-2)10-8-16/h3-13,21H,1,14H2,2H3,(H,20,22)/b13-6+. The number of carbonyl (C=O) groups excluding carboxylic acids is 1. The molecule has 0 bridgehead atoms. The molecule has 0 aromatic heterocycles. The summed E-state index contributed by atoms with van der Waals surface area (Å²) in [6.07, 6.45) is 4.57. The van der Waals surface area contributed by atoms with Crippen LogP contribution in [0.25, 0.3) is 6.08 Å². The van der Waals surface area contributed by atoms with Crippen molar-refractivity contribution in [2.75, 3.05) is 18.4 Å². The van der Waals surface area contributed by atoms with Crippen LogP contribution in [-0.2, 0) is 14.8 Å². The van der Waals surface area contributed by atoms with E-state index in [0.29, 0.717) is 23.5 Å². The summed E-state index contributed by atoms with van der Waals surface area (Å²) < 4.78 is 32.4. The number of sulfonamides is 1. The van der Waals surface area contributed by atoms with Crippen molar-refractivity contribution in [3.05, 3.63) is 72.8 Å². The van der Waals surface area contributed by atoms with Crippen LogP contribution in [0.2, 0.25) is 0 Å². The summed E-state index contributed by atoms with van der Waals surface area (Å²) in [5.41, 5.74) is 1.15. The molecule has 26 heavy (non-hydrogen) atoms. The Labute approximate surface area is 153 Å². The lowest BCUT2D eigenvalue weighted by atomic mass is 10.2. The number of ether oxygens (including phenoxy) is 1. The molecule has 1 amide bonds. The molecular weight excluding hydrogens is 352 g/mol. The highest BCUT2D eigenvalue weighted by Crippen LogP contribution is 2.19. The topological polar surface area (TPSA) is 84.5 Å². The van der Waals surface area contributed by atoms with E-state index in [2.05, 4.69) is 16.6 Å². The molecule has 0 radical (unpaired) electrons. The van der Waals surface area contributed by atoms with Gasteiger partial charge >= 0.3 is 0 Å². The molecule has 6 nitrogen and oxygen atoms in total. The fourth-order valence-corrected chi connectivity index (χ4v) is 3.09. The van der Waals surface area contributed by atoms with Gasteiger partial charge in [0.05, 0.1) is 12.0 Å². The second kappa shape index (κ2) is 8.87. The first-order chi connectivity index (χ1) is 12.4. The molecule has 7 heteroatoms. The molecule has 2 rings (SSSR count). The number of nitrogens with one attached hydrogen (secondary N) is 2. The highest BCUT2D eigenvalue weighted by Gasteiger charge is 2.13. The van der Waals surface area contributed by atoms with Gasteiger partial charge in [-0.25, -0.2) is 8.42 Å². The largest absolute Gasteiger partial charge is 0.497 e. The second-order valence-electron chi connectivity index (χ2n) is 5.27. The van der Waals surface area contributed by atoms with Crippen LogP contribution in [0.3, 0.4) is 0 Å². The van der Waals surface area contributed by atoms with E-state index in [-0.39, 0.29) is 10.8 Å². The molecule has 0 saturated heterocycles. The molecule has 136 valence electrons. The minimum atomic E-state index is -3.70. The van der Waals surface area contributed by atoms with Gasteiger partial charge in [-0.1, -0.05) is 18.2 Å². The van der Waals surface area contributed by atoms with Gasteiger partial charge in [-0.3, -0.25) is 9.52 Å². The maximum atomic E-state index is 12.4. The minimum Gasteiger partial charge on any atom is -0.497 e. The van der Waals surface area contributed by atoms with Gasteiger partial charge in [-0.2, -0.15) is 0 Å². The number of methoxy groups -OCH3 is 1. The Morgan fingerprint density at radius 2 is 1.77 bits per heavy atom. The quantitative estimate of drug-likeness (QED) is 0.551. The van der Waals surface area contributed by atoms with Crippen molar-refractivity contribution in [1.82, 2.24) is 5.32 Å². The highest BCUT2D eigenvalue weighted by atomic mass is 32.2. The zero-order valence-electron chi connectivity index (χ0n) is 14.3. The zero-order valence-corrected chi connectivity index (χ0v) is 15.1. The number of carbonyl (C=O) groups is 1. The molecular formula is C19H20N2O4S. The van der Waals surface area contributed by atoms with Gasteiger partial charge in [-0.15, -0.1) is 6.58 Å². The fraction of sp³-hybridized carbons (Fsp3) is 0.105. The normalized spacial score (nSPS) is 11.1. The van der Waals surface area contributed by atoms with Crippen LogP contribution >= 0.6 is 0 Å². The number of amides is 1. The number of benzene rings is 2. The van der Waals surface area contributed by atoms with E-state index in [1.807, 2.05) is 0 Å². The summed E-state index contributed by atoms with van der Waals surface area (Å²) in [5, 5.41) is 2.62. The van der Waals surface area contributed by atoms with Gasteiger partial charge in [0.15, 0.2) is 0 Å². The Morgan fingerprint density at radius 1 is 1.12 bits per heavy atom. The van der Waals surface area contributed by atoms with Crippen LogP contribution in [-0.4, -0.2) is 28.0 Å². The van der Waals surface area contributed by atoms with Crippen LogP contribution in [0.1, 0.15) is 5.56 Å². The van der Waals surface area contributed by atoms with Crippen molar-refractivity contribution in [3.63, 3.8) is 0 Å². The lowest BCUT2D eigenvalue weighted by molar-refractivity contribution is -0.116. The van der Waals surface area contributed by atoms with E-state index in [9.17, 15) is 13.2 Å². The predicted octanol–water partition coefficient (Wildman–Crippen LogP) is 2.81. The molecule has 0 spiro atoms. The summed E-state index contributed by atoms with van der Waals surface area (Å²) in [4.78, 5) is 11.6. The summed E-state index contributed by atoms with van der Waals surface area (Å²) in [6, 6.07) is 12.8. The third-order valence-corrected chi connectivity index (χ3v) is 4.78. The predicted molar refractivity (Wildman–Crippen MR) is 102 cm³/mol. The molecule has 0 saturated carbocycles. The molecule has 0 unspecified atom stereocenters. The Morgan fingerprint density at radius 3 is 2.35 bits per heavy atom. The summed E-state index contributed by atoms with van der Waals surface area (Å²) >= 11 is 0. The summed E-state index contributed by atoms with van der Waals surface area (Å²) in [6.45, 7) is 3.90. The number of anilines is 1. The van der Waals surface area contributed by atoms with Crippen LogP contribution in [0.4, 0.5) is 5.69 Å². The smallest absolute Gasteiger partial charge is 0.261 e. The molecule has 0 aliphatic rings. The lowest BCUT2D eigenvalue weighted by Crippen LogP contribution is -2.20. The van der Waals surface area contributed by atoms with Gasteiger partial charge < -0.3 is 10.1 Å². The number of hydrogen-bond donors (Lipinski definition) is 2. The van der Waals surface area contributed by atoms with Crippen molar-refractivity contribution < 1.29 is 17.9 Å². The maximum Gasteiger partial charge on any atom is 0.261 e. The van der Waals surface area contributed by atoms with Crippen molar-refractivity contribution >= 4 is 27.7 Å². The summed E-state index contributed by atoms with van der Waals surface area (Å²) in [7, 11) is -2.16. The van der Waals surface area contributed by atoms with Gasteiger partial charge in [0.25, 0.3) is 10.0 Å². The average molecular weight is 372 g/mol. The highest BCUT2D eigenvalue weighted by molar-refractivity contribution is 7.92. The minimum absolute atomic E-state index is 0.126. The Hall–Kier alpha value is -3.06. The first kappa shape index (κ1) is 19.3. The van der Waals surface area contributed by atoms with Crippen LogP contribution in [0.15, 0.2) is 72.2 Å². The Kier molecular flexibility index (Phi) is 6.57. The molecule has 0 heterocycles. The molecule has 0 atom stereocenters. The van der Waals surface area contributed by atoms with E-state index in [1.54, 1.807) is 48.6 Å². The van der Waals surface area contributed by atoms with Gasteiger partial charge in [0, 0.05) is 18.3 Å². The first-order valence-electron chi connectivity index (χ1n) is 7.78. The monoisotopic (exact) mass is 372 g/mol. The summed E-state index contributed by atoms with van der Waals surface area (Å²) in [5.74, 6) is 0.393. The van der Waals surface area contributed by atoms with E-state index in [1.165, 1.54) is 25.3 Å². The molecule has 2 aromatic rings. The zero-order chi connectivity index (χ0) is 19.0. The third-order valence-electron chi connectivity index (χ3n) is 3.38. The molecule has 0 aliphatic heterocycles. The van der Waals surface area contributed by atoms with Gasteiger partial charge in [0.1, 0.15) is 5.75 Å². The van der Waals surface area contributed by atoms with Crippen LogP contribution in [0, 0.1) is 0 Å².